The van der Waals surface area contributed by atoms with Gasteiger partial charge in [-0.1, -0.05) is 83.7 Å². The van der Waals surface area contributed by atoms with Gasteiger partial charge in [-0.25, -0.2) is 0 Å². The zero-order valence-electron chi connectivity index (χ0n) is 19.2. The van der Waals surface area contributed by atoms with Crippen LogP contribution in [-0.2, 0) is 6.42 Å². The van der Waals surface area contributed by atoms with E-state index >= 15 is 0 Å². The molecular formula is C28H44S. The van der Waals surface area contributed by atoms with Crippen LogP contribution in [0.2, 0.25) is 0 Å². The van der Waals surface area contributed by atoms with E-state index in [9.17, 15) is 0 Å². The van der Waals surface area contributed by atoms with Crippen LogP contribution in [0.3, 0.4) is 0 Å². The zero-order chi connectivity index (χ0) is 21.3. The molecule has 29 heavy (non-hydrogen) atoms. The lowest BCUT2D eigenvalue weighted by Crippen LogP contribution is -1.94. The van der Waals surface area contributed by atoms with Crippen LogP contribution in [-0.4, -0.2) is 5.75 Å². The number of benzene rings is 1. The summed E-state index contributed by atoms with van der Waals surface area (Å²) < 4.78 is 0. The summed E-state index contributed by atoms with van der Waals surface area (Å²) in [5.74, 6) is 1.16. The minimum Gasteiger partial charge on any atom is -0.126 e. The molecule has 0 unspecified atom stereocenters. The first-order valence-corrected chi connectivity index (χ1v) is 12.9. The largest absolute Gasteiger partial charge is 0.126 e. The fraction of sp³-hybridized carbons (Fsp3) is 0.571. The third-order valence-corrected chi connectivity index (χ3v) is 6.53. The first-order chi connectivity index (χ1) is 14.1. The van der Waals surface area contributed by atoms with Gasteiger partial charge in [0.25, 0.3) is 0 Å². The summed E-state index contributed by atoms with van der Waals surface area (Å²) in [6.45, 7) is 17.2. The number of unbranched alkanes of at least 4 members (excludes halogenated alkanes) is 8. The highest BCUT2D eigenvalue weighted by Gasteiger charge is 2.08. The first-order valence-electron chi connectivity index (χ1n) is 11.9. The Morgan fingerprint density at radius 1 is 0.828 bits per heavy atom. The molecule has 0 aliphatic heterocycles. The lowest BCUT2D eigenvalue weighted by molar-refractivity contribution is 0.679. The van der Waals surface area contributed by atoms with Crippen molar-refractivity contribution in [2.75, 3.05) is 5.75 Å². The maximum atomic E-state index is 4.42. The van der Waals surface area contributed by atoms with Gasteiger partial charge in [0, 0.05) is 4.91 Å². The van der Waals surface area contributed by atoms with Crippen LogP contribution in [0.15, 0.2) is 44.0 Å². The molecule has 0 heterocycles. The second-order valence-corrected chi connectivity index (χ2v) is 9.39. The SMILES string of the molecule is C=CCCCCCSC(=C)c1cc(CCCCC)cc(C(=C)CCCCCC)c1. The molecular weight excluding hydrogens is 368 g/mol. The number of hydrogen-bond donors (Lipinski definition) is 0. The van der Waals surface area contributed by atoms with Crippen molar-refractivity contribution >= 4 is 22.2 Å². The van der Waals surface area contributed by atoms with E-state index in [1.807, 2.05) is 17.8 Å². The molecule has 0 aliphatic carbocycles. The van der Waals surface area contributed by atoms with Crippen LogP contribution in [0.5, 0.6) is 0 Å². The molecule has 162 valence electrons. The van der Waals surface area contributed by atoms with Crippen molar-refractivity contribution in [3.63, 3.8) is 0 Å². The highest BCUT2D eigenvalue weighted by Crippen LogP contribution is 2.31. The third kappa shape index (κ3) is 11.5. The van der Waals surface area contributed by atoms with E-state index in [0.717, 1.165) is 25.0 Å². The topological polar surface area (TPSA) is 0 Å². The second kappa shape index (κ2) is 16.6. The summed E-state index contributed by atoms with van der Waals surface area (Å²) in [4.78, 5) is 1.21. The normalized spacial score (nSPS) is 10.8. The van der Waals surface area contributed by atoms with Gasteiger partial charge in [-0.15, -0.1) is 18.3 Å². The molecule has 0 bridgehead atoms. The molecule has 0 saturated heterocycles. The summed E-state index contributed by atoms with van der Waals surface area (Å²) in [6, 6.07) is 7.09. The Labute approximate surface area is 186 Å². The molecule has 0 nitrogen and oxygen atoms in total. The van der Waals surface area contributed by atoms with Gasteiger partial charge in [0.15, 0.2) is 0 Å². The predicted molar refractivity (Wildman–Crippen MR) is 138 cm³/mol. The Balaban J connectivity index is 2.74. The molecule has 0 spiro atoms. The number of thioether (sulfide) groups is 1. The molecule has 0 N–H and O–H groups in total. The van der Waals surface area contributed by atoms with Gasteiger partial charge in [0.2, 0.25) is 0 Å². The summed E-state index contributed by atoms with van der Waals surface area (Å²) >= 11 is 1.92. The van der Waals surface area contributed by atoms with E-state index in [-0.39, 0.29) is 0 Å². The molecule has 1 heteroatoms. The van der Waals surface area contributed by atoms with Gasteiger partial charge < -0.3 is 0 Å². The van der Waals surface area contributed by atoms with Gasteiger partial charge in [-0.2, -0.15) is 0 Å². The lowest BCUT2D eigenvalue weighted by Gasteiger charge is -2.14. The molecule has 0 aliphatic rings. The van der Waals surface area contributed by atoms with E-state index in [1.165, 1.54) is 91.4 Å². The van der Waals surface area contributed by atoms with Crippen molar-refractivity contribution < 1.29 is 0 Å². The number of hydrogen-bond acceptors (Lipinski definition) is 1. The number of allylic oxidation sites excluding steroid dienone is 2. The molecule has 0 radical (unpaired) electrons. The van der Waals surface area contributed by atoms with E-state index in [2.05, 4.69) is 51.8 Å². The molecule has 0 saturated carbocycles. The fourth-order valence-corrected chi connectivity index (χ4v) is 4.42. The Kier molecular flexibility index (Phi) is 14.8. The van der Waals surface area contributed by atoms with Crippen LogP contribution in [0.4, 0.5) is 0 Å². The van der Waals surface area contributed by atoms with Crippen molar-refractivity contribution in [2.45, 2.75) is 97.3 Å². The Morgan fingerprint density at radius 2 is 1.52 bits per heavy atom. The number of aryl methyl sites for hydroxylation is 1. The van der Waals surface area contributed by atoms with Gasteiger partial charge in [0.05, 0.1) is 0 Å². The summed E-state index contributed by atoms with van der Waals surface area (Å²) in [6.07, 6.45) is 18.2. The van der Waals surface area contributed by atoms with Crippen molar-refractivity contribution in [3.8, 4) is 0 Å². The van der Waals surface area contributed by atoms with Crippen LogP contribution < -0.4 is 0 Å². The Bertz CT molecular complexity index is 611. The summed E-state index contributed by atoms with van der Waals surface area (Å²) in [7, 11) is 0. The molecule has 1 aromatic rings. The van der Waals surface area contributed by atoms with Crippen molar-refractivity contribution in [1.29, 1.82) is 0 Å². The molecule has 1 aromatic carbocycles. The monoisotopic (exact) mass is 412 g/mol. The Hall–Kier alpha value is -1.21. The van der Waals surface area contributed by atoms with Crippen LogP contribution in [0.1, 0.15) is 108 Å². The van der Waals surface area contributed by atoms with Crippen LogP contribution in [0.25, 0.3) is 10.5 Å². The first kappa shape index (κ1) is 25.8. The van der Waals surface area contributed by atoms with Gasteiger partial charge in [-0.3, -0.25) is 0 Å². The minimum absolute atomic E-state index is 1.11. The quantitative estimate of drug-likeness (QED) is 0.171. The molecule has 0 atom stereocenters. The average Bonchev–Trinajstić information content (AvgIpc) is 2.73. The van der Waals surface area contributed by atoms with Crippen LogP contribution >= 0.6 is 11.8 Å². The maximum absolute atomic E-state index is 4.42. The predicted octanol–water partition coefficient (Wildman–Crippen LogP) is 9.85. The Morgan fingerprint density at radius 3 is 2.24 bits per heavy atom. The average molecular weight is 413 g/mol. The summed E-state index contributed by atoms with van der Waals surface area (Å²) in [5.41, 5.74) is 5.38. The van der Waals surface area contributed by atoms with E-state index < -0.39 is 0 Å². The van der Waals surface area contributed by atoms with Crippen molar-refractivity contribution in [3.05, 3.63) is 60.7 Å². The van der Waals surface area contributed by atoms with Gasteiger partial charge in [0.1, 0.15) is 0 Å². The van der Waals surface area contributed by atoms with Gasteiger partial charge >= 0.3 is 0 Å². The molecule has 0 fully saturated rings. The number of rotatable bonds is 18. The van der Waals surface area contributed by atoms with Crippen molar-refractivity contribution in [1.82, 2.24) is 0 Å². The second-order valence-electron chi connectivity index (χ2n) is 8.20. The highest BCUT2D eigenvalue weighted by atomic mass is 32.2. The van der Waals surface area contributed by atoms with E-state index in [4.69, 9.17) is 0 Å². The zero-order valence-corrected chi connectivity index (χ0v) is 20.1. The fourth-order valence-electron chi connectivity index (χ4n) is 3.54. The standard InChI is InChI=1S/C28H44S/c1-6-9-12-14-17-20-29-25(5)28-22-26(19-15-11-8-3)21-27(23-28)24(4)18-16-13-10-7-2/h6,21-23H,1,4-5,7-20H2,2-3H3. The van der Waals surface area contributed by atoms with E-state index in [0.29, 0.717) is 0 Å². The lowest BCUT2D eigenvalue weighted by atomic mass is 9.95. The molecule has 1 rings (SSSR count). The third-order valence-electron chi connectivity index (χ3n) is 5.45. The van der Waals surface area contributed by atoms with E-state index in [1.54, 1.807) is 0 Å². The van der Waals surface area contributed by atoms with Gasteiger partial charge in [-0.05, 0) is 79.0 Å². The molecule has 0 aromatic heterocycles. The molecule has 0 amide bonds. The smallest absolute Gasteiger partial charge is 0.00728 e. The highest BCUT2D eigenvalue weighted by molar-refractivity contribution is 8.08. The maximum Gasteiger partial charge on any atom is 0.00728 e. The summed E-state index contributed by atoms with van der Waals surface area (Å²) in [5, 5.41) is 0. The minimum atomic E-state index is 1.11. The van der Waals surface area contributed by atoms with Crippen LogP contribution in [0, 0.1) is 0 Å². The van der Waals surface area contributed by atoms with Crippen molar-refractivity contribution in [2.24, 2.45) is 0 Å².